The number of benzene rings is 2. The number of alkyl halides is 3. The number of sulfone groups is 1. The van der Waals surface area contributed by atoms with Gasteiger partial charge in [0.1, 0.15) is 5.01 Å². The summed E-state index contributed by atoms with van der Waals surface area (Å²) in [6.45, 7) is 5.08. The molecule has 12 nitrogen and oxygen atoms in total. The van der Waals surface area contributed by atoms with Gasteiger partial charge >= 0.3 is 12.1 Å². The maximum atomic E-state index is 13.1. The molecule has 1 fully saturated rings. The van der Waals surface area contributed by atoms with E-state index in [1.54, 1.807) is 6.07 Å². The Morgan fingerprint density at radius 1 is 1.02 bits per heavy atom. The molecule has 1 saturated heterocycles. The van der Waals surface area contributed by atoms with E-state index in [0.717, 1.165) is 38.0 Å². The first-order valence-electron chi connectivity index (χ1n) is 13.1. The van der Waals surface area contributed by atoms with Crippen LogP contribution in [-0.2, 0) is 25.2 Å². The van der Waals surface area contributed by atoms with Crippen LogP contribution in [0.4, 0.5) is 24.0 Å². The number of hydrogen-bond acceptors (Lipinski definition) is 10. The first-order valence-corrected chi connectivity index (χ1v) is 16.0. The second-order valence-corrected chi connectivity index (χ2v) is 13.1. The van der Waals surface area contributed by atoms with Crippen molar-refractivity contribution < 1.29 is 41.1 Å². The number of anilines is 2. The molecular weight excluding hydrogens is 625 g/mol. The summed E-state index contributed by atoms with van der Waals surface area (Å²) in [5.74, 6) is -3.71. The van der Waals surface area contributed by atoms with Crippen LogP contribution < -0.4 is 10.6 Å². The summed E-state index contributed by atoms with van der Waals surface area (Å²) in [5.41, 5.74) is 1.87. The van der Waals surface area contributed by atoms with E-state index in [-0.39, 0.29) is 17.2 Å². The number of likely N-dealkylation sites (N-methyl/N-ethyl adjacent to an activating group) is 1. The number of carbonyl (C=O) groups excluding carboxylic acids is 2. The molecule has 2 amide bonds. The number of carboxylic acid groups (broad SMARTS) is 1. The van der Waals surface area contributed by atoms with Crippen LogP contribution in [0.1, 0.15) is 22.8 Å². The maximum absolute atomic E-state index is 13.1. The number of amides is 2. The summed E-state index contributed by atoms with van der Waals surface area (Å²) >= 11 is 1.24. The van der Waals surface area contributed by atoms with Crippen molar-refractivity contribution in [2.45, 2.75) is 24.9 Å². The molecule has 0 bridgehead atoms. The Hall–Kier alpha value is -3.93. The molecule has 2 heterocycles. The summed E-state index contributed by atoms with van der Waals surface area (Å²) in [6, 6.07) is 13.7. The maximum Gasteiger partial charge on any atom is 0.490 e. The average molecular weight is 657 g/mol. The number of aliphatic carboxylic acids is 1. The molecule has 4 rings (SSSR count). The van der Waals surface area contributed by atoms with E-state index >= 15 is 0 Å². The minimum absolute atomic E-state index is 0.256. The Morgan fingerprint density at radius 2 is 1.64 bits per heavy atom. The number of hydrogen-bond donors (Lipinski definition) is 3. The standard InChI is InChI=1S/C25H30N6O4S2.C2HF3O2/c1-17(31-13-11-30(2)12-14-31)22(32)26-21-15-19(9-10-20(21)16-37(3,34)35)23(33)27-25-29-28-24(36-25)18-7-5-4-6-8-18;3-2(4,5)1(6)7/h4-10,15,17H,11-14,16H2,1-3H3,(H,26,32)(H,27,29,33);(H,6,7). The average Bonchev–Trinajstić information content (AvgIpc) is 3.42. The van der Waals surface area contributed by atoms with Gasteiger partial charge < -0.3 is 15.3 Å². The van der Waals surface area contributed by atoms with Crippen molar-refractivity contribution >= 4 is 49.8 Å². The number of aromatic nitrogens is 2. The zero-order valence-corrected chi connectivity index (χ0v) is 25.6. The van der Waals surface area contributed by atoms with E-state index in [4.69, 9.17) is 9.90 Å². The molecule has 3 aromatic rings. The van der Waals surface area contributed by atoms with Gasteiger partial charge in [-0.05, 0) is 31.7 Å². The highest BCUT2D eigenvalue weighted by molar-refractivity contribution is 7.89. The molecule has 17 heteroatoms. The number of rotatable bonds is 8. The first kappa shape index (κ1) is 34.6. The Kier molecular flexibility index (Phi) is 11.5. The third-order valence-electron chi connectivity index (χ3n) is 6.42. The third-order valence-corrected chi connectivity index (χ3v) is 8.14. The largest absolute Gasteiger partial charge is 0.490 e. The lowest BCUT2D eigenvalue weighted by Gasteiger charge is -2.35. The quantitative estimate of drug-likeness (QED) is 0.328. The van der Waals surface area contributed by atoms with Gasteiger partial charge in [0.2, 0.25) is 11.0 Å². The van der Waals surface area contributed by atoms with Crippen molar-refractivity contribution in [2.24, 2.45) is 0 Å². The minimum Gasteiger partial charge on any atom is -0.475 e. The Bertz CT molecular complexity index is 1580. The molecule has 0 spiro atoms. The summed E-state index contributed by atoms with van der Waals surface area (Å²) < 4.78 is 55.8. The molecule has 3 N–H and O–H groups in total. The summed E-state index contributed by atoms with van der Waals surface area (Å²) in [4.78, 5) is 39.3. The van der Waals surface area contributed by atoms with Gasteiger partial charge in [-0.1, -0.05) is 47.7 Å². The van der Waals surface area contributed by atoms with E-state index in [1.165, 1.54) is 23.5 Å². The van der Waals surface area contributed by atoms with Crippen molar-refractivity contribution in [1.29, 1.82) is 0 Å². The lowest BCUT2D eigenvalue weighted by molar-refractivity contribution is -0.192. The molecule has 1 aliphatic heterocycles. The summed E-state index contributed by atoms with van der Waals surface area (Å²) in [7, 11) is -1.33. The van der Waals surface area contributed by atoms with Crippen LogP contribution >= 0.6 is 11.3 Å². The number of halogens is 3. The normalized spacial score (nSPS) is 15.0. The monoisotopic (exact) mass is 656 g/mol. The lowest BCUT2D eigenvalue weighted by atomic mass is 10.1. The first-order chi connectivity index (χ1) is 20.5. The smallest absolute Gasteiger partial charge is 0.475 e. The van der Waals surface area contributed by atoms with Gasteiger partial charge in [-0.3, -0.25) is 19.8 Å². The van der Waals surface area contributed by atoms with Crippen LogP contribution in [0.2, 0.25) is 0 Å². The number of carboxylic acids is 1. The van der Waals surface area contributed by atoms with Gasteiger partial charge in [-0.15, -0.1) is 10.2 Å². The lowest BCUT2D eigenvalue weighted by Crippen LogP contribution is -2.51. The van der Waals surface area contributed by atoms with Crippen molar-refractivity contribution in [3.63, 3.8) is 0 Å². The van der Waals surface area contributed by atoms with E-state index in [1.807, 2.05) is 44.3 Å². The van der Waals surface area contributed by atoms with Gasteiger partial charge in [0.25, 0.3) is 5.91 Å². The van der Waals surface area contributed by atoms with Crippen molar-refractivity contribution in [3.05, 3.63) is 59.7 Å². The summed E-state index contributed by atoms with van der Waals surface area (Å²) in [5, 5.41) is 21.9. The molecule has 44 heavy (non-hydrogen) atoms. The molecule has 1 aliphatic rings. The van der Waals surface area contributed by atoms with E-state index in [9.17, 15) is 31.2 Å². The van der Waals surface area contributed by atoms with Crippen LogP contribution in [0.25, 0.3) is 10.6 Å². The molecule has 2 aromatic carbocycles. The van der Waals surface area contributed by atoms with Gasteiger partial charge in [0.15, 0.2) is 9.84 Å². The highest BCUT2D eigenvalue weighted by atomic mass is 32.2. The number of piperazine rings is 1. The van der Waals surface area contributed by atoms with Gasteiger partial charge in [0.05, 0.1) is 11.8 Å². The van der Waals surface area contributed by atoms with Gasteiger partial charge in [-0.2, -0.15) is 13.2 Å². The van der Waals surface area contributed by atoms with Gasteiger partial charge in [-0.25, -0.2) is 13.2 Å². The predicted molar refractivity (Wildman–Crippen MR) is 159 cm³/mol. The fourth-order valence-electron chi connectivity index (χ4n) is 4.00. The Balaban J connectivity index is 0.000000676. The number of nitrogens with one attached hydrogen (secondary N) is 2. The van der Waals surface area contributed by atoms with Crippen molar-refractivity contribution in [1.82, 2.24) is 20.0 Å². The van der Waals surface area contributed by atoms with Gasteiger partial charge in [0, 0.05) is 49.2 Å². The molecule has 1 atom stereocenters. The third kappa shape index (κ3) is 10.4. The molecule has 0 aliphatic carbocycles. The SMILES string of the molecule is CC(C(=O)Nc1cc(C(=O)Nc2nnc(-c3ccccc3)s2)ccc1CS(C)(=O)=O)N1CCN(C)CC1.O=C(O)C(F)(F)F. The van der Waals surface area contributed by atoms with E-state index in [2.05, 4.69) is 30.6 Å². The van der Waals surface area contributed by atoms with Crippen LogP contribution in [0.15, 0.2) is 48.5 Å². The second kappa shape index (κ2) is 14.7. The summed E-state index contributed by atoms with van der Waals surface area (Å²) in [6.07, 6.45) is -3.95. The topological polar surface area (TPSA) is 162 Å². The fourth-order valence-corrected chi connectivity index (χ4v) is 5.56. The predicted octanol–water partition coefficient (Wildman–Crippen LogP) is 3.21. The second-order valence-electron chi connectivity index (χ2n) is 9.98. The zero-order chi connectivity index (χ0) is 32.7. The Morgan fingerprint density at radius 3 is 2.20 bits per heavy atom. The van der Waals surface area contributed by atoms with Crippen LogP contribution in [0.5, 0.6) is 0 Å². The molecule has 0 saturated carbocycles. The van der Waals surface area contributed by atoms with E-state index < -0.39 is 33.9 Å². The fraction of sp³-hybridized carbons (Fsp3) is 0.370. The Labute approximate surface area is 255 Å². The molecule has 1 aromatic heterocycles. The number of carbonyl (C=O) groups is 3. The van der Waals surface area contributed by atoms with Crippen LogP contribution in [-0.4, -0.2) is 103 Å². The number of nitrogens with zero attached hydrogens (tertiary/aromatic N) is 4. The molecule has 1 unspecified atom stereocenters. The van der Waals surface area contributed by atoms with Crippen LogP contribution in [0, 0.1) is 0 Å². The zero-order valence-electron chi connectivity index (χ0n) is 24.0. The highest BCUT2D eigenvalue weighted by Gasteiger charge is 2.38. The minimum atomic E-state index is -5.08. The van der Waals surface area contributed by atoms with E-state index in [0.29, 0.717) is 21.4 Å². The van der Waals surface area contributed by atoms with Crippen molar-refractivity contribution in [3.8, 4) is 10.6 Å². The molecular formula is C27H31F3N6O6S2. The van der Waals surface area contributed by atoms with Crippen LogP contribution in [0.3, 0.4) is 0 Å². The molecule has 0 radical (unpaired) electrons. The highest BCUT2D eigenvalue weighted by Crippen LogP contribution is 2.27. The van der Waals surface area contributed by atoms with Crippen molar-refractivity contribution in [2.75, 3.05) is 50.1 Å². The molecule has 238 valence electrons.